The van der Waals surface area contributed by atoms with Gasteiger partial charge in [-0.3, -0.25) is 9.59 Å². The standard InChI is InChI=1S/C21H22N4O8S/c1-4-31-21(28)17-12(3)33-20-18(17)19(22)24-15(25-20)10-32-16(27)9-23-34(29,30)14-7-5-13(6-8-14)11(2)26/h5-8,23H,4,9-10H2,1-3H3,(H2,22,24,25). The molecule has 0 bridgehead atoms. The molecule has 0 radical (unpaired) electrons. The molecule has 0 spiro atoms. The third-order valence-electron chi connectivity index (χ3n) is 4.62. The molecule has 0 fully saturated rings. The van der Waals surface area contributed by atoms with E-state index in [4.69, 9.17) is 19.6 Å². The Morgan fingerprint density at radius 3 is 2.41 bits per heavy atom. The maximum Gasteiger partial charge on any atom is 0.342 e. The molecule has 34 heavy (non-hydrogen) atoms. The molecule has 3 N–H and O–H groups in total. The topological polar surface area (TPSA) is 181 Å². The minimum Gasteiger partial charge on any atom is -0.462 e. The number of furan rings is 1. The van der Waals surface area contributed by atoms with Crippen LogP contribution in [0.1, 0.15) is 46.1 Å². The lowest BCUT2D eigenvalue weighted by molar-refractivity contribution is -0.143. The van der Waals surface area contributed by atoms with Gasteiger partial charge in [-0.15, -0.1) is 0 Å². The zero-order valence-electron chi connectivity index (χ0n) is 18.6. The van der Waals surface area contributed by atoms with Crippen molar-refractivity contribution in [3.63, 3.8) is 0 Å². The van der Waals surface area contributed by atoms with Crippen molar-refractivity contribution < 1.29 is 36.7 Å². The van der Waals surface area contributed by atoms with Crippen LogP contribution in [0.15, 0.2) is 33.6 Å². The number of carbonyl (C=O) groups excluding carboxylic acids is 3. The molecule has 12 nitrogen and oxygen atoms in total. The van der Waals surface area contributed by atoms with Gasteiger partial charge in [-0.25, -0.2) is 18.2 Å². The van der Waals surface area contributed by atoms with E-state index in [1.165, 1.54) is 31.2 Å². The van der Waals surface area contributed by atoms with E-state index in [2.05, 4.69) is 14.7 Å². The number of ketones is 1. The maximum absolute atomic E-state index is 12.3. The molecule has 3 aromatic rings. The molecule has 0 atom stereocenters. The Morgan fingerprint density at radius 2 is 1.79 bits per heavy atom. The molecule has 1 aromatic carbocycles. The SMILES string of the molecule is CCOC(=O)c1c(C)oc2nc(COC(=O)CNS(=O)(=O)c3ccc(C(C)=O)cc3)nc(N)c12. The molecule has 2 aromatic heterocycles. The number of hydrogen-bond acceptors (Lipinski definition) is 11. The Labute approximate surface area is 194 Å². The van der Waals surface area contributed by atoms with Crippen molar-refractivity contribution in [2.75, 3.05) is 18.9 Å². The van der Waals surface area contributed by atoms with Gasteiger partial charge in [-0.1, -0.05) is 12.1 Å². The predicted octanol–water partition coefficient (Wildman–Crippen LogP) is 1.51. The van der Waals surface area contributed by atoms with Crippen LogP contribution in [0.2, 0.25) is 0 Å². The molecule has 0 aliphatic rings. The lowest BCUT2D eigenvalue weighted by atomic mass is 10.2. The van der Waals surface area contributed by atoms with Gasteiger partial charge in [0.2, 0.25) is 15.7 Å². The second-order valence-electron chi connectivity index (χ2n) is 7.02. The summed E-state index contributed by atoms with van der Waals surface area (Å²) < 4.78 is 42.2. The minimum atomic E-state index is -4.00. The zero-order valence-corrected chi connectivity index (χ0v) is 19.4. The smallest absolute Gasteiger partial charge is 0.342 e. The summed E-state index contributed by atoms with van der Waals surface area (Å²) in [4.78, 5) is 43.5. The van der Waals surface area contributed by atoms with Crippen LogP contribution in [0.3, 0.4) is 0 Å². The first-order valence-corrected chi connectivity index (χ1v) is 11.5. The van der Waals surface area contributed by atoms with Crippen molar-refractivity contribution >= 4 is 44.7 Å². The molecule has 0 saturated carbocycles. The number of benzene rings is 1. The maximum atomic E-state index is 12.3. The van der Waals surface area contributed by atoms with Crippen LogP contribution >= 0.6 is 0 Å². The molecular formula is C21H22N4O8S. The lowest BCUT2D eigenvalue weighted by Gasteiger charge is -2.08. The number of nitrogen functional groups attached to an aromatic ring is 1. The number of hydrogen-bond donors (Lipinski definition) is 2. The first-order chi connectivity index (χ1) is 16.0. The Morgan fingerprint density at radius 1 is 1.12 bits per heavy atom. The number of nitrogens with zero attached hydrogens (tertiary/aromatic N) is 2. The summed E-state index contributed by atoms with van der Waals surface area (Å²) in [6, 6.07) is 5.26. The van der Waals surface area contributed by atoms with E-state index < -0.39 is 35.1 Å². The number of nitrogens with two attached hydrogens (primary N) is 1. The summed E-state index contributed by atoms with van der Waals surface area (Å²) in [5.74, 6) is -1.56. The van der Waals surface area contributed by atoms with E-state index in [-0.39, 0.29) is 51.4 Å². The third kappa shape index (κ3) is 5.38. The van der Waals surface area contributed by atoms with Crippen molar-refractivity contribution in [3.05, 3.63) is 47.0 Å². The molecule has 0 aliphatic carbocycles. The normalized spacial score (nSPS) is 11.4. The van der Waals surface area contributed by atoms with E-state index in [1.54, 1.807) is 13.8 Å². The number of ether oxygens (including phenoxy) is 2. The molecule has 2 heterocycles. The van der Waals surface area contributed by atoms with E-state index in [9.17, 15) is 22.8 Å². The Hall–Kier alpha value is -3.84. The molecule has 0 aliphatic heterocycles. The van der Waals surface area contributed by atoms with Gasteiger partial charge in [0.25, 0.3) is 0 Å². The Balaban J connectivity index is 1.65. The van der Waals surface area contributed by atoms with Gasteiger partial charge in [0, 0.05) is 5.56 Å². The second-order valence-corrected chi connectivity index (χ2v) is 8.79. The number of fused-ring (bicyclic) bond motifs is 1. The van der Waals surface area contributed by atoms with E-state index in [1.807, 2.05) is 0 Å². The summed E-state index contributed by atoms with van der Waals surface area (Å²) in [6.45, 7) is 3.66. The van der Waals surface area contributed by atoms with E-state index >= 15 is 0 Å². The van der Waals surface area contributed by atoms with Crippen LogP contribution in [0.5, 0.6) is 0 Å². The molecule has 3 rings (SSSR count). The van der Waals surface area contributed by atoms with Gasteiger partial charge in [0.1, 0.15) is 23.7 Å². The summed E-state index contributed by atoms with van der Waals surface area (Å²) in [5.41, 5.74) is 6.44. The summed E-state index contributed by atoms with van der Waals surface area (Å²) >= 11 is 0. The number of Topliss-reactive ketones (excluding diaryl/α,β-unsaturated/α-hetero) is 1. The third-order valence-corrected chi connectivity index (χ3v) is 6.04. The lowest BCUT2D eigenvalue weighted by Crippen LogP contribution is -2.30. The van der Waals surface area contributed by atoms with Crippen LogP contribution in [-0.4, -0.2) is 49.3 Å². The number of sulfonamides is 1. The number of carbonyl (C=O) groups is 3. The van der Waals surface area contributed by atoms with Crippen molar-refractivity contribution in [1.29, 1.82) is 0 Å². The van der Waals surface area contributed by atoms with Crippen LogP contribution < -0.4 is 10.5 Å². The van der Waals surface area contributed by atoms with Gasteiger partial charge in [0.05, 0.1) is 16.9 Å². The molecular weight excluding hydrogens is 468 g/mol. The fourth-order valence-electron chi connectivity index (χ4n) is 3.00. The quantitative estimate of drug-likeness (QED) is 0.328. The highest BCUT2D eigenvalue weighted by molar-refractivity contribution is 7.89. The highest BCUT2D eigenvalue weighted by atomic mass is 32.2. The van der Waals surface area contributed by atoms with Crippen LogP contribution in [0, 0.1) is 6.92 Å². The number of aryl methyl sites for hydroxylation is 1. The number of rotatable bonds is 9. The molecule has 0 unspecified atom stereocenters. The van der Waals surface area contributed by atoms with Crippen LogP contribution in [-0.2, 0) is 30.9 Å². The van der Waals surface area contributed by atoms with Gasteiger partial charge >= 0.3 is 11.9 Å². The highest BCUT2D eigenvalue weighted by Gasteiger charge is 2.24. The molecule has 13 heteroatoms. The second kappa shape index (κ2) is 9.97. The number of aromatic nitrogens is 2. The van der Waals surface area contributed by atoms with E-state index in [0.717, 1.165) is 0 Å². The van der Waals surface area contributed by atoms with Gasteiger partial charge in [-0.05, 0) is 32.9 Å². The van der Waals surface area contributed by atoms with Gasteiger partial charge in [0.15, 0.2) is 18.2 Å². The van der Waals surface area contributed by atoms with Crippen molar-refractivity contribution in [3.8, 4) is 0 Å². The van der Waals surface area contributed by atoms with E-state index in [0.29, 0.717) is 5.56 Å². The Bertz CT molecular complexity index is 1360. The molecule has 0 saturated heterocycles. The fourth-order valence-corrected chi connectivity index (χ4v) is 3.97. The number of anilines is 1. The van der Waals surface area contributed by atoms with Gasteiger partial charge in [-0.2, -0.15) is 9.71 Å². The number of esters is 2. The zero-order chi connectivity index (χ0) is 25.0. The minimum absolute atomic E-state index is 0.00909. The summed E-state index contributed by atoms with van der Waals surface area (Å²) in [6.07, 6.45) is 0. The van der Waals surface area contributed by atoms with Crippen LogP contribution in [0.25, 0.3) is 11.1 Å². The van der Waals surface area contributed by atoms with Crippen molar-refractivity contribution in [2.24, 2.45) is 0 Å². The monoisotopic (exact) mass is 490 g/mol. The predicted molar refractivity (Wildman–Crippen MR) is 118 cm³/mol. The first kappa shape index (κ1) is 24.8. The van der Waals surface area contributed by atoms with Crippen LogP contribution in [0.4, 0.5) is 5.82 Å². The highest BCUT2D eigenvalue weighted by Crippen LogP contribution is 2.29. The van der Waals surface area contributed by atoms with Crippen molar-refractivity contribution in [2.45, 2.75) is 32.3 Å². The fraction of sp³-hybridized carbons (Fsp3) is 0.286. The first-order valence-electron chi connectivity index (χ1n) is 10.0. The molecule has 0 amide bonds. The summed E-state index contributed by atoms with van der Waals surface area (Å²) in [5, 5.41) is 0.189. The average molecular weight is 490 g/mol. The van der Waals surface area contributed by atoms with Gasteiger partial charge < -0.3 is 19.6 Å². The Kier molecular flexibility index (Phi) is 7.27. The summed E-state index contributed by atoms with van der Waals surface area (Å²) in [7, 11) is -4.00. The average Bonchev–Trinajstić information content (AvgIpc) is 3.13. The number of nitrogens with one attached hydrogen (secondary N) is 1. The largest absolute Gasteiger partial charge is 0.462 e. The van der Waals surface area contributed by atoms with Crippen molar-refractivity contribution in [1.82, 2.24) is 14.7 Å². The molecule has 180 valence electrons.